The van der Waals surface area contributed by atoms with E-state index in [4.69, 9.17) is 47.4 Å². The lowest BCUT2D eigenvalue weighted by Gasteiger charge is -2.62. The fourth-order valence-electron chi connectivity index (χ4n) is 15.9. The molecule has 0 aromatic rings. The Morgan fingerprint density at radius 2 is 1.15 bits per heavy atom. The van der Waals surface area contributed by atoms with Crippen LogP contribution in [0.4, 0.5) is 0 Å². The molecule has 23 heteroatoms. The first kappa shape index (κ1) is 55.4. The van der Waals surface area contributed by atoms with Crippen LogP contribution in [0.15, 0.2) is 0 Å². The standard InChI is InChI=1S/C50H82O23/c1-19-7-10-50(65-17-19)20(2)32-28(73-50)12-24-22-6-5-21-11-27(25(54)13-49(21,4)23(22)8-9-48(24,32)3)66-45-40(63)37(60)41(31(16-53)69-45)70-47-43(72-46-39(62)36(59)34(57)29(14-51)67-46)42(35(58)30(15-52)68-47)71-44-38(61)33(56)26(55)18-64-44/h19-47,51-63H,5-18H2,1-4H3/t19-,20-,21-,22+,23+,24-,25+,26+,27+,28-,29+,30+,31+,32-,33-,34+,35+,36-,37+,38+,39+,40+,41-,42-,43+,44-,45+,46-,47-,48-,49-,50+/m0/s1. The number of rotatable bonds is 11. The molecule has 13 N–H and O–H groups in total. The van der Waals surface area contributed by atoms with Crippen LogP contribution in [-0.4, -0.2) is 240 Å². The monoisotopic (exact) mass is 1050 g/mol. The Balaban J connectivity index is 0.824. The molecule has 1 spiro atoms. The van der Waals surface area contributed by atoms with Crippen molar-refractivity contribution in [2.75, 3.05) is 33.0 Å². The Hall–Kier alpha value is -0.920. The molecule has 0 amide bonds. The van der Waals surface area contributed by atoms with Gasteiger partial charge in [0, 0.05) is 12.3 Å². The normalized spacial score (nSPS) is 58.2. The van der Waals surface area contributed by atoms with Gasteiger partial charge in [-0.1, -0.05) is 27.7 Å². The van der Waals surface area contributed by atoms with Crippen molar-refractivity contribution >= 4 is 0 Å². The molecule has 10 fully saturated rings. The largest absolute Gasteiger partial charge is 0.394 e. The number of aliphatic hydroxyl groups excluding tert-OH is 13. The van der Waals surface area contributed by atoms with Crippen LogP contribution >= 0.6 is 0 Å². The van der Waals surface area contributed by atoms with E-state index in [0.29, 0.717) is 48.3 Å². The van der Waals surface area contributed by atoms with E-state index in [9.17, 15) is 66.4 Å². The van der Waals surface area contributed by atoms with Crippen LogP contribution in [0.2, 0.25) is 0 Å². The van der Waals surface area contributed by atoms with E-state index >= 15 is 0 Å². The SMILES string of the molecule is C[C@H]1CC[C@@]2(OC1)O[C@H]1C[C@H]3[C@@H]4CC[C@H]5C[C@@H](O[C@@H]6O[C@H](CO)[C@H](O[C@@H]7O[C@H](CO)[C@@H](O)[C@H](O[C@@H]8OC[C@@H](O)[C@H](O)[C@H]8O)[C@H]7O[C@@H]7O[C@H](CO)[C@@H](O)[C@H](O)[C@H]7O)[C@H](O)[C@H]6O)[C@H](O)C[C@]5(C)[C@@H]4CC[C@]3(C)[C@H]1[C@@H]2C. The van der Waals surface area contributed by atoms with Gasteiger partial charge in [-0.3, -0.25) is 0 Å². The van der Waals surface area contributed by atoms with Crippen LogP contribution in [-0.2, 0) is 47.4 Å². The fraction of sp³-hybridized carbons (Fsp3) is 1.00. The van der Waals surface area contributed by atoms with Crippen LogP contribution < -0.4 is 0 Å². The maximum Gasteiger partial charge on any atom is 0.187 e. The zero-order valence-electron chi connectivity index (χ0n) is 42.0. The maximum absolute atomic E-state index is 12.0. The molecule has 6 aliphatic heterocycles. The molecule has 0 radical (unpaired) electrons. The van der Waals surface area contributed by atoms with Gasteiger partial charge in [-0.05, 0) is 97.7 Å². The average molecular weight is 1050 g/mol. The summed E-state index contributed by atoms with van der Waals surface area (Å²) in [6.07, 6.45) is -27.2. The molecule has 10 aliphatic rings. The minimum atomic E-state index is -2.02. The Morgan fingerprint density at radius 1 is 0.521 bits per heavy atom. The zero-order valence-corrected chi connectivity index (χ0v) is 42.0. The van der Waals surface area contributed by atoms with Crippen molar-refractivity contribution < 1.29 is 114 Å². The van der Waals surface area contributed by atoms with Crippen molar-refractivity contribution in [3.8, 4) is 0 Å². The van der Waals surface area contributed by atoms with Gasteiger partial charge < -0.3 is 114 Å². The number of hydrogen-bond donors (Lipinski definition) is 13. The van der Waals surface area contributed by atoms with E-state index < -0.39 is 161 Å². The van der Waals surface area contributed by atoms with Gasteiger partial charge in [0.1, 0.15) is 91.6 Å². The Kier molecular flexibility index (Phi) is 16.1. The van der Waals surface area contributed by atoms with E-state index in [2.05, 4.69) is 27.7 Å². The summed E-state index contributed by atoms with van der Waals surface area (Å²) in [4.78, 5) is 0. The summed E-state index contributed by atoms with van der Waals surface area (Å²) in [6, 6.07) is 0. The molecular formula is C50H82O23. The summed E-state index contributed by atoms with van der Waals surface area (Å²) in [7, 11) is 0. The van der Waals surface area contributed by atoms with E-state index in [1.807, 2.05) is 0 Å². The molecule has 23 nitrogen and oxygen atoms in total. The molecule has 420 valence electrons. The molecule has 0 unspecified atom stereocenters. The van der Waals surface area contributed by atoms with Gasteiger partial charge in [0.05, 0.1) is 51.3 Å². The lowest BCUT2D eigenvalue weighted by molar-refractivity contribution is -0.404. The molecule has 10 rings (SSSR count). The first-order chi connectivity index (χ1) is 34.7. The second-order valence-corrected chi connectivity index (χ2v) is 24.0. The molecular weight excluding hydrogens is 969 g/mol. The second kappa shape index (κ2) is 21.3. The maximum atomic E-state index is 12.0. The fourth-order valence-corrected chi connectivity index (χ4v) is 15.9. The molecule has 32 atom stereocenters. The highest BCUT2D eigenvalue weighted by atomic mass is 16.8. The molecule has 4 saturated carbocycles. The minimum absolute atomic E-state index is 0.130. The number of fused-ring (bicyclic) bond motifs is 7. The average Bonchev–Trinajstić information content (AvgIpc) is 3.82. The summed E-state index contributed by atoms with van der Waals surface area (Å²) >= 11 is 0. The Bertz CT molecular complexity index is 1860. The number of hydrogen-bond acceptors (Lipinski definition) is 23. The molecule has 73 heavy (non-hydrogen) atoms. The van der Waals surface area contributed by atoms with Crippen molar-refractivity contribution in [1.82, 2.24) is 0 Å². The highest BCUT2D eigenvalue weighted by Gasteiger charge is 2.70. The molecule has 4 aliphatic carbocycles. The van der Waals surface area contributed by atoms with Crippen LogP contribution in [0, 0.1) is 52.3 Å². The third-order valence-electron chi connectivity index (χ3n) is 20.0. The van der Waals surface area contributed by atoms with Crippen LogP contribution in [0.5, 0.6) is 0 Å². The third-order valence-corrected chi connectivity index (χ3v) is 20.0. The van der Waals surface area contributed by atoms with Crippen molar-refractivity contribution in [3.63, 3.8) is 0 Å². The summed E-state index contributed by atoms with van der Waals surface area (Å²) in [5.41, 5.74) is -0.0565. The van der Waals surface area contributed by atoms with Gasteiger partial charge in [-0.25, -0.2) is 0 Å². The number of aliphatic hydroxyl groups is 13. The predicted octanol–water partition coefficient (Wildman–Crippen LogP) is -3.30. The van der Waals surface area contributed by atoms with Gasteiger partial charge in [0.25, 0.3) is 0 Å². The van der Waals surface area contributed by atoms with Gasteiger partial charge in [-0.15, -0.1) is 0 Å². The van der Waals surface area contributed by atoms with E-state index in [1.165, 1.54) is 0 Å². The highest BCUT2D eigenvalue weighted by Crippen LogP contribution is 2.71. The van der Waals surface area contributed by atoms with Crippen LogP contribution in [0.1, 0.15) is 85.5 Å². The molecule has 0 bridgehead atoms. The Morgan fingerprint density at radius 3 is 1.85 bits per heavy atom. The molecule has 6 heterocycles. The number of ether oxygens (including phenoxy) is 10. The minimum Gasteiger partial charge on any atom is -0.394 e. The second-order valence-electron chi connectivity index (χ2n) is 24.0. The predicted molar refractivity (Wildman–Crippen MR) is 244 cm³/mol. The topological polar surface area (TPSA) is 355 Å². The quantitative estimate of drug-likeness (QED) is 0.0902. The molecule has 6 saturated heterocycles. The first-order valence-electron chi connectivity index (χ1n) is 26.8. The van der Waals surface area contributed by atoms with E-state index in [0.717, 1.165) is 51.6 Å². The summed E-state index contributed by atoms with van der Waals surface area (Å²) in [5, 5.41) is 141. The third kappa shape index (κ3) is 9.49. The van der Waals surface area contributed by atoms with Gasteiger partial charge in [0.15, 0.2) is 30.9 Å². The molecule has 0 aromatic heterocycles. The summed E-state index contributed by atoms with van der Waals surface area (Å²) < 4.78 is 61.1. The van der Waals surface area contributed by atoms with E-state index in [1.54, 1.807) is 0 Å². The van der Waals surface area contributed by atoms with Crippen LogP contribution in [0.3, 0.4) is 0 Å². The lowest BCUT2D eigenvalue weighted by atomic mass is 9.44. The summed E-state index contributed by atoms with van der Waals surface area (Å²) in [5.74, 6) is 2.34. The summed E-state index contributed by atoms with van der Waals surface area (Å²) in [6.45, 7) is 7.02. The smallest absolute Gasteiger partial charge is 0.187 e. The molecule has 0 aromatic carbocycles. The lowest BCUT2D eigenvalue weighted by Crippen LogP contribution is -2.68. The highest BCUT2D eigenvalue weighted by molar-refractivity contribution is 5.16. The Labute approximate surface area is 424 Å². The van der Waals surface area contributed by atoms with Crippen molar-refractivity contribution in [3.05, 3.63) is 0 Å². The zero-order chi connectivity index (χ0) is 52.2. The van der Waals surface area contributed by atoms with Gasteiger partial charge >= 0.3 is 0 Å². The van der Waals surface area contributed by atoms with E-state index in [-0.39, 0.29) is 22.9 Å². The van der Waals surface area contributed by atoms with Gasteiger partial charge in [-0.2, -0.15) is 0 Å². The van der Waals surface area contributed by atoms with Crippen LogP contribution in [0.25, 0.3) is 0 Å². The van der Waals surface area contributed by atoms with Crippen molar-refractivity contribution in [1.29, 1.82) is 0 Å². The van der Waals surface area contributed by atoms with Crippen molar-refractivity contribution in [2.24, 2.45) is 52.3 Å². The van der Waals surface area contributed by atoms with Gasteiger partial charge in [0.2, 0.25) is 0 Å². The van der Waals surface area contributed by atoms with Crippen molar-refractivity contribution in [2.45, 2.75) is 226 Å². The first-order valence-corrected chi connectivity index (χ1v) is 26.8.